The SMILES string of the molecule is Cc1ccc(S(=O)(=O)N(CC(=O)N(Cc2cccc(Br)c2)C(C)C(=O)NC2CCCC2)c2ccc(Cl)c(Cl)c2)cc1. The molecule has 0 radical (unpaired) electrons. The van der Waals surface area contributed by atoms with Crippen LogP contribution in [0.2, 0.25) is 10.0 Å². The van der Waals surface area contributed by atoms with Gasteiger partial charge in [-0.25, -0.2) is 8.42 Å². The van der Waals surface area contributed by atoms with Crippen LogP contribution < -0.4 is 9.62 Å². The molecule has 1 N–H and O–H groups in total. The number of benzene rings is 3. The summed E-state index contributed by atoms with van der Waals surface area (Å²) in [6, 6.07) is 17.4. The van der Waals surface area contributed by atoms with Crippen LogP contribution in [0.15, 0.2) is 76.1 Å². The van der Waals surface area contributed by atoms with E-state index in [1.54, 1.807) is 19.1 Å². The normalized spacial score (nSPS) is 14.5. The first kappa shape index (κ1) is 31.3. The van der Waals surface area contributed by atoms with Gasteiger partial charge in [-0.3, -0.25) is 13.9 Å². The second kappa shape index (κ2) is 13.6. The highest BCUT2D eigenvalue weighted by Gasteiger charge is 2.33. The lowest BCUT2D eigenvalue weighted by Gasteiger charge is -2.32. The number of carbonyl (C=O) groups is 2. The fourth-order valence-electron chi connectivity index (χ4n) is 4.81. The molecule has 1 unspecified atom stereocenters. The summed E-state index contributed by atoms with van der Waals surface area (Å²) in [6.45, 7) is 3.08. The van der Waals surface area contributed by atoms with E-state index in [4.69, 9.17) is 23.2 Å². The van der Waals surface area contributed by atoms with Gasteiger partial charge in [-0.1, -0.05) is 81.8 Å². The third-order valence-corrected chi connectivity index (χ3v) is 10.2. The lowest BCUT2D eigenvalue weighted by Crippen LogP contribution is -2.52. The van der Waals surface area contributed by atoms with E-state index in [0.29, 0.717) is 0 Å². The number of hydrogen-bond acceptors (Lipinski definition) is 4. The Morgan fingerprint density at radius 3 is 2.32 bits per heavy atom. The summed E-state index contributed by atoms with van der Waals surface area (Å²) in [5.74, 6) is -0.816. The van der Waals surface area contributed by atoms with Crippen LogP contribution in [-0.2, 0) is 26.2 Å². The number of hydrogen-bond donors (Lipinski definition) is 1. The van der Waals surface area contributed by atoms with Gasteiger partial charge in [0.25, 0.3) is 10.0 Å². The van der Waals surface area contributed by atoms with Crippen molar-refractivity contribution in [3.05, 3.63) is 92.4 Å². The summed E-state index contributed by atoms with van der Waals surface area (Å²) < 4.78 is 29.7. The van der Waals surface area contributed by atoms with Crippen molar-refractivity contribution in [3.8, 4) is 0 Å². The van der Waals surface area contributed by atoms with Gasteiger partial charge in [0, 0.05) is 17.1 Å². The van der Waals surface area contributed by atoms with Crippen LogP contribution in [0.25, 0.3) is 0 Å². The maximum absolute atomic E-state index is 14.1. The fraction of sp³-hybridized carbons (Fsp3) is 0.333. The standard InChI is InChI=1S/C30H32BrCl2N3O4S/c1-20-10-13-26(14-11-20)41(39,40)36(25-12-15-27(32)28(33)17-25)19-29(37)35(18-22-6-5-7-23(31)16-22)21(2)30(38)34-24-8-3-4-9-24/h5-7,10-17,21,24H,3-4,8-9,18-19H2,1-2H3,(H,34,38). The van der Waals surface area contributed by atoms with Crippen LogP contribution in [0.1, 0.15) is 43.7 Å². The van der Waals surface area contributed by atoms with E-state index >= 15 is 0 Å². The topological polar surface area (TPSA) is 86.8 Å². The Hall–Kier alpha value is -2.59. The molecule has 41 heavy (non-hydrogen) atoms. The Balaban J connectivity index is 1.70. The molecule has 0 saturated heterocycles. The van der Waals surface area contributed by atoms with Crippen LogP contribution in [0.3, 0.4) is 0 Å². The van der Waals surface area contributed by atoms with Gasteiger partial charge in [-0.15, -0.1) is 0 Å². The molecule has 11 heteroatoms. The quantitative estimate of drug-likeness (QED) is 0.257. The number of amides is 2. The number of halogens is 3. The second-order valence-electron chi connectivity index (χ2n) is 10.2. The Labute approximate surface area is 260 Å². The molecule has 4 rings (SSSR count). The van der Waals surface area contributed by atoms with E-state index in [2.05, 4.69) is 21.2 Å². The van der Waals surface area contributed by atoms with Crippen molar-refractivity contribution in [2.24, 2.45) is 0 Å². The van der Waals surface area contributed by atoms with Crippen molar-refractivity contribution in [1.82, 2.24) is 10.2 Å². The monoisotopic (exact) mass is 679 g/mol. The van der Waals surface area contributed by atoms with Crippen molar-refractivity contribution < 1.29 is 18.0 Å². The molecule has 2 amide bonds. The molecule has 1 saturated carbocycles. The van der Waals surface area contributed by atoms with Gasteiger partial charge in [-0.05, 0) is 74.7 Å². The first-order valence-electron chi connectivity index (χ1n) is 13.3. The van der Waals surface area contributed by atoms with Crippen LogP contribution in [0.5, 0.6) is 0 Å². The van der Waals surface area contributed by atoms with Crippen molar-refractivity contribution in [2.75, 3.05) is 10.8 Å². The maximum Gasteiger partial charge on any atom is 0.264 e. The number of sulfonamides is 1. The van der Waals surface area contributed by atoms with E-state index in [1.807, 2.05) is 31.2 Å². The minimum atomic E-state index is -4.20. The third kappa shape index (κ3) is 7.83. The van der Waals surface area contributed by atoms with Gasteiger partial charge in [0.05, 0.1) is 20.6 Å². The lowest BCUT2D eigenvalue weighted by atomic mass is 10.1. The van der Waals surface area contributed by atoms with Crippen molar-refractivity contribution in [1.29, 1.82) is 0 Å². The van der Waals surface area contributed by atoms with Crippen molar-refractivity contribution >= 4 is 66.7 Å². The first-order valence-corrected chi connectivity index (χ1v) is 16.3. The van der Waals surface area contributed by atoms with E-state index < -0.39 is 28.5 Å². The third-order valence-electron chi connectivity index (χ3n) is 7.19. The predicted molar refractivity (Wildman–Crippen MR) is 167 cm³/mol. The van der Waals surface area contributed by atoms with Crippen LogP contribution in [-0.4, -0.2) is 43.8 Å². The van der Waals surface area contributed by atoms with Gasteiger partial charge in [0.1, 0.15) is 12.6 Å². The molecule has 7 nitrogen and oxygen atoms in total. The van der Waals surface area contributed by atoms with Gasteiger partial charge < -0.3 is 10.2 Å². The van der Waals surface area contributed by atoms with Gasteiger partial charge >= 0.3 is 0 Å². The van der Waals surface area contributed by atoms with E-state index in [9.17, 15) is 18.0 Å². The van der Waals surface area contributed by atoms with Crippen LogP contribution >= 0.6 is 39.1 Å². The zero-order valence-corrected chi connectivity index (χ0v) is 26.7. The molecule has 0 aromatic heterocycles. The molecule has 3 aromatic carbocycles. The second-order valence-corrected chi connectivity index (χ2v) is 13.8. The molecular weight excluding hydrogens is 649 g/mol. The minimum absolute atomic E-state index is 0.0209. The average Bonchev–Trinajstić information content (AvgIpc) is 3.44. The number of nitrogens with one attached hydrogen (secondary N) is 1. The highest BCUT2D eigenvalue weighted by Crippen LogP contribution is 2.31. The molecule has 1 atom stereocenters. The largest absolute Gasteiger partial charge is 0.352 e. The summed E-state index contributed by atoms with van der Waals surface area (Å²) in [6.07, 6.45) is 3.90. The Morgan fingerprint density at radius 2 is 1.68 bits per heavy atom. The summed E-state index contributed by atoms with van der Waals surface area (Å²) >= 11 is 15.8. The van der Waals surface area contributed by atoms with Gasteiger partial charge in [-0.2, -0.15) is 0 Å². The fourth-order valence-corrected chi connectivity index (χ4v) is 6.96. The maximum atomic E-state index is 14.1. The van der Waals surface area contributed by atoms with Gasteiger partial charge in [0.2, 0.25) is 11.8 Å². The van der Waals surface area contributed by atoms with Crippen molar-refractivity contribution in [2.45, 2.75) is 63.1 Å². The summed E-state index contributed by atoms with van der Waals surface area (Å²) in [7, 11) is -4.20. The molecule has 0 heterocycles. The zero-order valence-electron chi connectivity index (χ0n) is 22.8. The molecule has 218 valence electrons. The predicted octanol–water partition coefficient (Wildman–Crippen LogP) is 6.74. The number of anilines is 1. The van der Waals surface area contributed by atoms with Crippen LogP contribution in [0.4, 0.5) is 5.69 Å². The van der Waals surface area contributed by atoms with Crippen molar-refractivity contribution in [3.63, 3.8) is 0 Å². The number of rotatable bonds is 10. The van der Waals surface area contributed by atoms with E-state index in [0.717, 1.165) is 45.6 Å². The van der Waals surface area contributed by atoms with Crippen LogP contribution in [0, 0.1) is 6.92 Å². The molecule has 3 aromatic rings. The highest BCUT2D eigenvalue weighted by molar-refractivity contribution is 9.10. The molecular formula is C30H32BrCl2N3O4S. The summed E-state index contributed by atoms with van der Waals surface area (Å²) in [4.78, 5) is 28.8. The lowest BCUT2D eigenvalue weighted by molar-refractivity contribution is -0.139. The highest BCUT2D eigenvalue weighted by atomic mass is 79.9. The Bertz CT molecular complexity index is 1510. The van der Waals surface area contributed by atoms with Gasteiger partial charge in [0.15, 0.2) is 0 Å². The summed E-state index contributed by atoms with van der Waals surface area (Å²) in [5, 5.41) is 3.47. The number of aryl methyl sites for hydroxylation is 1. The Morgan fingerprint density at radius 1 is 1.00 bits per heavy atom. The minimum Gasteiger partial charge on any atom is -0.352 e. The zero-order chi connectivity index (χ0) is 29.7. The molecule has 1 aliphatic rings. The molecule has 1 aliphatic carbocycles. The average molecular weight is 681 g/mol. The molecule has 0 spiro atoms. The molecule has 0 aliphatic heterocycles. The Kier molecular flexibility index (Phi) is 10.4. The van der Waals surface area contributed by atoms with E-state index in [-0.39, 0.29) is 39.1 Å². The first-order chi connectivity index (χ1) is 19.5. The van der Waals surface area contributed by atoms with E-state index in [1.165, 1.54) is 35.2 Å². The smallest absolute Gasteiger partial charge is 0.264 e. The number of nitrogens with zero attached hydrogens (tertiary/aromatic N) is 2. The molecule has 0 bridgehead atoms. The molecule has 1 fully saturated rings. The summed E-state index contributed by atoms with van der Waals surface area (Å²) in [5.41, 5.74) is 1.86. The number of carbonyl (C=O) groups excluding carboxylic acids is 2.